The maximum atomic E-state index is 14.3. The maximum absolute atomic E-state index is 14.3. The largest absolute Gasteiger partial charge is 0.255 e. The molecule has 24 heavy (non-hydrogen) atoms. The summed E-state index contributed by atoms with van der Waals surface area (Å²) in [5.41, 5.74) is 3.23. The first kappa shape index (κ1) is 15.3. The summed E-state index contributed by atoms with van der Waals surface area (Å²) < 4.78 is 15.2. The van der Waals surface area contributed by atoms with Gasteiger partial charge in [0.05, 0.1) is 10.4 Å². The van der Waals surface area contributed by atoms with Crippen LogP contribution in [0.15, 0.2) is 48.7 Å². The van der Waals surface area contributed by atoms with E-state index in [0.717, 1.165) is 16.0 Å². The fraction of sp³-hybridized carbons (Fsp3) is 0.190. The predicted octanol–water partition coefficient (Wildman–Crippen LogP) is 6.69. The lowest BCUT2D eigenvalue weighted by Crippen LogP contribution is -1.92. The third-order valence-corrected chi connectivity index (χ3v) is 5.60. The van der Waals surface area contributed by atoms with Crippen LogP contribution in [-0.2, 0) is 0 Å². The smallest absolute Gasteiger partial charge is 0.144 e. The van der Waals surface area contributed by atoms with Crippen molar-refractivity contribution >= 4 is 32.2 Å². The Bertz CT molecular complexity index is 1060. The first-order valence-electron chi connectivity index (χ1n) is 8.13. The van der Waals surface area contributed by atoms with E-state index in [2.05, 4.69) is 55.2 Å². The summed E-state index contributed by atoms with van der Waals surface area (Å²) in [5.74, 6) is 0.291. The second-order valence-electron chi connectivity index (χ2n) is 6.45. The van der Waals surface area contributed by atoms with E-state index < -0.39 is 0 Å². The molecule has 0 spiro atoms. The lowest BCUT2D eigenvalue weighted by atomic mass is 9.92. The first-order chi connectivity index (χ1) is 11.6. The summed E-state index contributed by atoms with van der Waals surface area (Å²) in [6, 6.07) is 14.6. The highest BCUT2D eigenvalue weighted by Crippen LogP contribution is 2.38. The average molecular weight is 335 g/mol. The second-order valence-corrected chi connectivity index (χ2v) is 7.67. The average Bonchev–Trinajstić information content (AvgIpc) is 2.88. The molecule has 0 atom stereocenters. The van der Waals surface area contributed by atoms with Crippen LogP contribution in [-0.4, -0.2) is 4.98 Å². The molecule has 0 N–H and O–H groups in total. The number of pyridine rings is 1. The van der Waals surface area contributed by atoms with E-state index in [4.69, 9.17) is 0 Å². The molecular formula is C21H18FNS. The fourth-order valence-corrected chi connectivity index (χ4v) is 4.31. The van der Waals surface area contributed by atoms with Gasteiger partial charge in [-0.15, -0.1) is 11.3 Å². The SMILES string of the molecule is Cc1sc2c(-c3cc(C(C)C)c4ccccc4c3)nccc2c1F. The number of fused-ring (bicyclic) bond motifs is 2. The monoisotopic (exact) mass is 335 g/mol. The minimum atomic E-state index is -0.122. The zero-order valence-corrected chi connectivity index (χ0v) is 14.7. The number of aromatic nitrogens is 1. The van der Waals surface area contributed by atoms with Crippen LogP contribution in [0.1, 0.15) is 30.2 Å². The van der Waals surface area contributed by atoms with Crippen molar-refractivity contribution in [2.24, 2.45) is 0 Å². The molecule has 0 unspecified atom stereocenters. The van der Waals surface area contributed by atoms with Crippen molar-refractivity contribution in [3.8, 4) is 11.3 Å². The number of hydrogen-bond donors (Lipinski definition) is 0. The number of benzene rings is 2. The van der Waals surface area contributed by atoms with Crippen molar-refractivity contribution in [2.75, 3.05) is 0 Å². The highest BCUT2D eigenvalue weighted by atomic mass is 32.1. The molecule has 120 valence electrons. The number of halogens is 1. The highest BCUT2D eigenvalue weighted by molar-refractivity contribution is 7.19. The molecule has 0 radical (unpaired) electrons. The van der Waals surface area contributed by atoms with Gasteiger partial charge in [-0.1, -0.05) is 38.1 Å². The van der Waals surface area contributed by atoms with Crippen LogP contribution in [0, 0.1) is 12.7 Å². The van der Waals surface area contributed by atoms with E-state index in [9.17, 15) is 4.39 Å². The van der Waals surface area contributed by atoms with Crippen LogP contribution >= 0.6 is 11.3 Å². The molecule has 0 saturated carbocycles. The summed E-state index contributed by atoms with van der Waals surface area (Å²) in [4.78, 5) is 5.29. The molecule has 0 amide bonds. The highest BCUT2D eigenvalue weighted by Gasteiger charge is 2.16. The Kier molecular flexibility index (Phi) is 3.61. The Hall–Kier alpha value is -2.26. The van der Waals surface area contributed by atoms with E-state index in [0.29, 0.717) is 16.2 Å². The Morgan fingerprint density at radius 3 is 2.62 bits per heavy atom. The van der Waals surface area contributed by atoms with Gasteiger partial charge in [0.2, 0.25) is 0 Å². The Labute approximate surface area is 144 Å². The molecule has 0 bridgehead atoms. The van der Waals surface area contributed by atoms with Crippen molar-refractivity contribution < 1.29 is 4.39 Å². The van der Waals surface area contributed by atoms with Gasteiger partial charge in [0.15, 0.2) is 0 Å². The number of aryl methyl sites for hydroxylation is 1. The van der Waals surface area contributed by atoms with Gasteiger partial charge in [-0.3, -0.25) is 4.98 Å². The molecule has 3 heteroatoms. The minimum Gasteiger partial charge on any atom is -0.255 e. The van der Waals surface area contributed by atoms with Crippen LogP contribution in [0.4, 0.5) is 4.39 Å². The van der Waals surface area contributed by atoms with Gasteiger partial charge in [0.1, 0.15) is 5.82 Å². The molecule has 1 nitrogen and oxygen atoms in total. The van der Waals surface area contributed by atoms with Crippen LogP contribution in [0.3, 0.4) is 0 Å². The Balaban J connectivity index is 2.05. The van der Waals surface area contributed by atoms with Crippen molar-refractivity contribution in [1.82, 2.24) is 4.98 Å². The molecular weight excluding hydrogens is 317 g/mol. The lowest BCUT2D eigenvalue weighted by Gasteiger charge is -2.13. The zero-order chi connectivity index (χ0) is 16.8. The molecule has 4 rings (SSSR count). The van der Waals surface area contributed by atoms with E-state index in [1.165, 1.54) is 27.7 Å². The van der Waals surface area contributed by atoms with Crippen LogP contribution < -0.4 is 0 Å². The summed E-state index contributed by atoms with van der Waals surface area (Å²) in [7, 11) is 0. The normalized spacial score (nSPS) is 11.7. The van der Waals surface area contributed by atoms with Crippen LogP contribution in [0.25, 0.3) is 32.1 Å². The quantitative estimate of drug-likeness (QED) is 0.398. The zero-order valence-electron chi connectivity index (χ0n) is 13.9. The molecule has 0 fully saturated rings. The van der Waals surface area contributed by atoms with Crippen molar-refractivity contribution in [3.63, 3.8) is 0 Å². The summed E-state index contributed by atoms with van der Waals surface area (Å²) >= 11 is 1.48. The van der Waals surface area contributed by atoms with Gasteiger partial charge >= 0.3 is 0 Å². The Morgan fingerprint density at radius 1 is 1.04 bits per heavy atom. The molecule has 2 aromatic carbocycles. The molecule has 0 aliphatic rings. The summed E-state index contributed by atoms with van der Waals surface area (Å²) in [6.45, 7) is 6.23. The predicted molar refractivity (Wildman–Crippen MR) is 101 cm³/mol. The molecule has 4 aromatic rings. The van der Waals surface area contributed by atoms with Gasteiger partial charge in [0.25, 0.3) is 0 Å². The van der Waals surface area contributed by atoms with Crippen molar-refractivity contribution in [1.29, 1.82) is 0 Å². The molecule has 0 aliphatic heterocycles. The van der Waals surface area contributed by atoms with Crippen LogP contribution in [0.5, 0.6) is 0 Å². The molecule has 0 aliphatic carbocycles. The van der Waals surface area contributed by atoms with Crippen molar-refractivity contribution in [2.45, 2.75) is 26.7 Å². The summed E-state index contributed by atoms with van der Waals surface area (Å²) in [6.07, 6.45) is 1.71. The number of hydrogen-bond acceptors (Lipinski definition) is 2. The topological polar surface area (TPSA) is 12.9 Å². The lowest BCUT2D eigenvalue weighted by molar-refractivity contribution is 0.636. The standard InChI is InChI=1S/C21H18FNS/c1-12(2)18-11-15(10-14-6-4-5-7-16(14)18)20-21-17(8-9-23-20)19(22)13(3)24-21/h4-12H,1-3H3. The molecule has 2 aromatic heterocycles. The van der Waals surface area contributed by atoms with Gasteiger partial charge in [0, 0.05) is 22.0 Å². The number of rotatable bonds is 2. The van der Waals surface area contributed by atoms with Gasteiger partial charge in [-0.05, 0) is 47.4 Å². The van der Waals surface area contributed by atoms with Gasteiger partial charge in [-0.2, -0.15) is 0 Å². The number of thiophene rings is 1. The van der Waals surface area contributed by atoms with Crippen molar-refractivity contribution in [3.05, 3.63) is 64.9 Å². The van der Waals surface area contributed by atoms with E-state index in [1.54, 1.807) is 12.3 Å². The maximum Gasteiger partial charge on any atom is 0.144 e. The molecule has 0 saturated heterocycles. The molecule has 2 heterocycles. The van der Waals surface area contributed by atoms with E-state index in [-0.39, 0.29) is 5.82 Å². The number of nitrogens with zero attached hydrogens (tertiary/aromatic N) is 1. The first-order valence-corrected chi connectivity index (χ1v) is 8.94. The van der Waals surface area contributed by atoms with Gasteiger partial charge < -0.3 is 0 Å². The van der Waals surface area contributed by atoms with E-state index in [1.807, 2.05) is 6.92 Å². The van der Waals surface area contributed by atoms with Crippen LogP contribution in [0.2, 0.25) is 0 Å². The second kappa shape index (κ2) is 5.67. The third kappa shape index (κ3) is 2.31. The third-order valence-electron chi connectivity index (χ3n) is 4.49. The minimum absolute atomic E-state index is 0.122. The van der Waals surface area contributed by atoms with Gasteiger partial charge in [-0.25, -0.2) is 4.39 Å². The van der Waals surface area contributed by atoms with E-state index >= 15 is 0 Å². The fourth-order valence-electron chi connectivity index (χ4n) is 3.27. The Morgan fingerprint density at radius 2 is 1.83 bits per heavy atom. The summed E-state index contributed by atoms with van der Waals surface area (Å²) in [5, 5.41) is 3.14.